The Morgan fingerprint density at radius 2 is 2.24 bits per heavy atom. The molecule has 1 aromatic carbocycles. The van der Waals surface area contributed by atoms with Crippen molar-refractivity contribution in [3.8, 4) is 0 Å². The van der Waals surface area contributed by atoms with E-state index in [1.54, 1.807) is 0 Å². The van der Waals surface area contributed by atoms with Crippen LogP contribution < -0.4 is 10.5 Å². The summed E-state index contributed by atoms with van der Waals surface area (Å²) >= 11 is 8.78. The van der Waals surface area contributed by atoms with E-state index in [4.69, 9.17) is 17.3 Å². The summed E-state index contributed by atoms with van der Waals surface area (Å²) in [6, 6.07) is 0.994. The summed E-state index contributed by atoms with van der Waals surface area (Å²) in [7, 11) is -4.08. The van der Waals surface area contributed by atoms with Gasteiger partial charge in [-0.15, -0.1) is 0 Å². The molecule has 2 rings (SSSR count). The Morgan fingerprint density at radius 1 is 1.52 bits per heavy atom. The second kappa shape index (κ2) is 6.26. The molecule has 0 saturated heterocycles. The van der Waals surface area contributed by atoms with Gasteiger partial charge in [-0.1, -0.05) is 11.6 Å². The lowest BCUT2D eigenvalue weighted by Gasteiger charge is -2.10. The van der Waals surface area contributed by atoms with E-state index in [-0.39, 0.29) is 28.1 Å². The van der Waals surface area contributed by atoms with Crippen LogP contribution in [0.4, 0.5) is 10.1 Å². The first-order chi connectivity index (χ1) is 9.83. The topological polar surface area (TPSA) is 114 Å². The van der Waals surface area contributed by atoms with Gasteiger partial charge in [0.15, 0.2) is 5.82 Å². The van der Waals surface area contributed by atoms with Crippen LogP contribution in [0, 0.1) is 5.82 Å². The summed E-state index contributed by atoms with van der Waals surface area (Å²) in [5.74, 6) is -0.551. The second-order valence-electron chi connectivity index (χ2n) is 3.98. The maximum Gasteiger partial charge on any atom is 0.243 e. The number of nitrogen functional groups attached to an aromatic ring is 1. The average molecular weight is 399 g/mol. The highest BCUT2D eigenvalue weighted by Gasteiger charge is 2.23. The van der Waals surface area contributed by atoms with E-state index in [0.717, 1.165) is 6.07 Å². The molecule has 0 bridgehead atoms. The highest BCUT2D eigenvalue weighted by Crippen LogP contribution is 2.34. The second-order valence-corrected chi connectivity index (χ2v) is 6.91. The van der Waals surface area contributed by atoms with Crippen LogP contribution in [0.2, 0.25) is 5.02 Å². The lowest BCUT2D eigenvalue weighted by molar-refractivity contribution is 0.558. The number of aromatic amines is 1. The molecule has 0 saturated carbocycles. The maximum absolute atomic E-state index is 14.0. The fraction of sp³-hybridized carbons (Fsp3) is 0.200. The molecule has 0 aliphatic carbocycles. The van der Waals surface area contributed by atoms with Crippen molar-refractivity contribution >= 4 is 43.2 Å². The van der Waals surface area contributed by atoms with Crippen LogP contribution in [0.25, 0.3) is 0 Å². The molecule has 7 nitrogen and oxygen atoms in total. The maximum atomic E-state index is 14.0. The first-order valence-electron chi connectivity index (χ1n) is 5.60. The van der Waals surface area contributed by atoms with Gasteiger partial charge in [0, 0.05) is 13.0 Å². The molecule has 0 atom stereocenters. The number of nitrogens with two attached hydrogens (primary N) is 1. The summed E-state index contributed by atoms with van der Waals surface area (Å²) in [6.45, 7) is 0.0184. The van der Waals surface area contributed by atoms with Crippen molar-refractivity contribution < 1.29 is 12.8 Å². The van der Waals surface area contributed by atoms with Gasteiger partial charge in [-0.25, -0.2) is 22.5 Å². The van der Waals surface area contributed by atoms with Gasteiger partial charge in [-0.3, -0.25) is 5.10 Å². The van der Waals surface area contributed by atoms with E-state index in [1.807, 2.05) is 0 Å². The van der Waals surface area contributed by atoms with Gasteiger partial charge in [0.05, 0.1) is 15.2 Å². The SMILES string of the molecule is Nc1c(F)c(S(=O)(=O)NCCc2ncn[nH]2)cc(Cl)c1Br. The average Bonchev–Trinajstić information content (AvgIpc) is 2.93. The van der Waals surface area contributed by atoms with Crippen LogP contribution in [-0.4, -0.2) is 30.1 Å². The zero-order valence-electron chi connectivity index (χ0n) is 10.4. The zero-order chi connectivity index (χ0) is 15.6. The van der Waals surface area contributed by atoms with Gasteiger partial charge in [-0.05, 0) is 22.0 Å². The molecule has 11 heteroatoms. The number of nitrogens with zero attached hydrogens (tertiary/aromatic N) is 2. The molecule has 0 aliphatic heterocycles. The number of hydrogen-bond donors (Lipinski definition) is 3. The third-order valence-electron chi connectivity index (χ3n) is 2.57. The Bertz CT molecular complexity index is 753. The van der Waals surface area contributed by atoms with E-state index in [2.05, 4.69) is 35.8 Å². The van der Waals surface area contributed by atoms with Crippen LogP contribution in [0.5, 0.6) is 0 Å². The Labute approximate surface area is 133 Å². The van der Waals surface area contributed by atoms with Gasteiger partial charge >= 0.3 is 0 Å². The van der Waals surface area contributed by atoms with Crippen molar-refractivity contribution in [2.75, 3.05) is 12.3 Å². The van der Waals surface area contributed by atoms with Crippen LogP contribution in [0.3, 0.4) is 0 Å². The minimum Gasteiger partial charge on any atom is -0.395 e. The molecule has 2 aromatic rings. The number of H-pyrrole nitrogens is 1. The number of anilines is 1. The zero-order valence-corrected chi connectivity index (χ0v) is 13.6. The molecule has 0 unspecified atom stereocenters. The van der Waals surface area contributed by atoms with E-state index in [1.165, 1.54) is 6.33 Å². The monoisotopic (exact) mass is 397 g/mol. The number of sulfonamides is 1. The summed E-state index contributed by atoms with van der Waals surface area (Å²) in [4.78, 5) is 3.24. The molecule has 21 heavy (non-hydrogen) atoms. The smallest absolute Gasteiger partial charge is 0.243 e. The molecule has 1 aromatic heterocycles. The highest BCUT2D eigenvalue weighted by atomic mass is 79.9. The van der Waals surface area contributed by atoms with Gasteiger partial charge in [0.25, 0.3) is 0 Å². The fourth-order valence-corrected chi connectivity index (χ4v) is 3.24. The Hall–Kier alpha value is -1.23. The third kappa shape index (κ3) is 3.51. The fourth-order valence-electron chi connectivity index (χ4n) is 1.53. The summed E-state index contributed by atoms with van der Waals surface area (Å²) < 4.78 is 40.5. The Balaban J connectivity index is 2.20. The van der Waals surface area contributed by atoms with Crippen molar-refractivity contribution in [3.63, 3.8) is 0 Å². The number of aromatic nitrogens is 3. The van der Waals surface area contributed by atoms with Crippen LogP contribution in [0.15, 0.2) is 21.8 Å². The molecule has 0 spiro atoms. The van der Waals surface area contributed by atoms with Gasteiger partial charge in [-0.2, -0.15) is 5.10 Å². The first-order valence-corrected chi connectivity index (χ1v) is 8.25. The van der Waals surface area contributed by atoms with E-state index < -0.39 is 20.7 Å². The Morgan fingerprint density at radius 3 is 2.86 bits per heavy atom. The van der Waals surface area contributed by atoms with Gasteiger partial charge < -0.3 is 5.73 Å². The number of benzene rings is 1. The normalized spacial score (nSPS) is 11.8. The van der Waals surface area contributed by atoms with Crippen molar-refractivity contribution in [2.24, 2.45) is 0 Å². The van der Waals surface area contributed by atoms with Crippen molar-refractivity contribution in [1.29, 1.82) is 0 Å². The van der Waals surface area contributed by atoms with Crippen LogP contribution in [0.1, 0.15) is 5.82 Å². The number of nitrogens with one attached hydrogen (secondary N) is 2. The van der Waals surface area contributed by atoms with Crippen molar-refractivity contribution in [2.45, 2.75) is 11.3 Å². The third-order valence-corrected chi connectivity index (χ3v) is 5.41. The summed E-state index contributed by atoms with van der Waals surface area (Å²) in [5.41, 5.74) is 5.10. The molecule has 0 radical (unpaired) electrons. The standard InChI is InChI=1S/C10H10BrClFN5O2S/c11-8-5(12)3-6(9(13)10(8)14)21(19,20)17-2-1-7-15-4-16-18-7/h3-4,17H,1-2,14H2,(H,15,16,18). The molecular weight excluding hydrogens is 389 g/mol. The van der Waals surface area contributed by atoms with Crippen LogP contribution in [-0.2, 0) is 16.4 Å². The van der Waals surface area contributed by atoms with Crippen LogP contribution >= 0.6 is 27.5 Å². The summed E-state index contributed by atoms with van der Waals surface area (Å²) in [6.07, 6.45) is 1.58. The lowest BCUT2D eigenvalue weighted by Crippen LogP contribution is -2.27. The molecular formula is C10H10BrClFN5O2S. The van der Waals surface area contributed by atoms with Crippen molar-refractivity contribution in [1.82, 2.24) is 19.9 Å². The van der Waals surface area contributed by atoms with Crippen molar-refractivity contribution in [3.05, 3.63) is 33.5 Å². The molecule has 4 N–H and O–H groups in total. The largest absolute Gasteiger partial charge is 0.395 e. The predicted molar refractivity (Wildman–Crippen MR) is 78.8 cm³/mol. The minimum atomic E-state index is -4.08. The number of hydrogen-bond acceptors (Lipinski definition) is 5. The van der Waals surface area contributed by atoms with Gasteiger partial charge in [0.2, 0.25) is 10.0 Å². The summed E-state index contributed by atoms with van der Waals surface area (Å²) in [5, 5.41) is 6.22. The quantitative estimate of drug-likeness (QED) is 0.521. The molecule has 0 fully saturated rings. The number of halogens is 3. The predicted octanol–water partition coefficient (Wildman–Crippen LogP) is 1.46. The Kier molecular flexibility index (Phi) is 4.81. The van der Waals surface area contributed by atoms with E-state index in [9.17, 15) is 12.8 Å². The minimum absolute atomic E-state index is 0.00418. The molecule has 114 valence electrons. The molecule has 0 amide bonds. The lowest BCUT2D eigenvalue weighted by atomic mass is 10.3. The first kappa shape index (κ1) is 16.1. The highest BCUT2D eigenvalue weighted by molar-refractivity contribution is 9.10. The van der Waals surface area contributed by atoms with E-state index >= 15 is 0 Å². The number of rotatable bonds is 5. The molecule has 0 aliphatic rings. The van der Waals surface area contributed by atoms with E-state index in [0.29, 0.717) is 5.82 Å². The molecule has 1 heterocycles. The van der Waals surface area contributed by atoms with Gasteiger partial charge in [0.1, 0.15) is 17.0 Å².